The van der Waals surface area contributed by atoms with Crippen molar-refractivity contribution < 1.29 is 9.84 Å². The molecule has 0 spiro atoms. The number of aliphatic hydroxyl groups is 1. The van der Waals surface area contributed by atoms with Gasteiger partial charge >= 0.3 is 0 Å². The fourth-order valence-corrected chi connectivity index (χ4v) is 0.693. The van der Waals surface area contributed by atoms with E-state index in [1.165, 1.54) is 0 Å². The second-order valence-electron chi connectivity index (χ2n) is 2.37. The van der Waals surface area contributed by atoms with E-state index in [9.17, 15) is 0 Å². The van der Waals surface area contributed by atoms with Crippen molar-refractivity contribution in [3.8, 4) is 0 Å². The van der Waals surface area contributed by atoms with Gasteiger partial charge in [0.1, 0.15) is 0 Å². The van der Waals surface area contributed by atoms with Crippen molar-refractivity contribution in [3.05, 3.63) is 12.2 Å². The molecule has 0 heterocycles. The molecule has 10 heavy (non-hydrogen) atoms. The molecule has 0 aromatic carbocycles. The molecule has 0 aromatic heterocycles. The van der Waals surface area contributed by atoms with E-state index in [1.807, 2.05) is 6.08 Å². The van der Waals surface area contributed by atoms with E-state index in [2.05, 4.69) is 6.92 Å². The lowest BCUT2D eigenvalue weighted by atomic mass is 10.1. The molecule has 0 radical (unpaired) electrons. The van der Waals surface area contributed by atoms with Crippen molar-refractivity contribution in [2.24, 2.45) is 5.92 Å². The zero-order valence-corrected chi connectivity index (χ0v) is 6.71. The van der Waals surface area contributed by atoms with Gasteiger partial charge < -0.3 is 9.84 Å². The monoisotopic (exact) mass is 144 g/mol. The summed E-state index contributed by atoms with van der Waals surface area (Å²) in [6, 6.07) is 0. The number of ether oxygens (including phenoxy) is 1. The molecule has 0 saturated heterocycles. The molecule has 0 aliphatic heterocycles. The Kier molecular flexibility index (Phi) is 6.55. The lowest BCUT2D eigenvalue weighted by Crippen LogP contribution is -1.96. The second-order valence-corrected chi connectivity index (χ2v) is 2.37. The van der Waals surface area contributed by atoms with Crippen LogP contribution in [0.4, 0.5) is 0 Å². The average molecular weight is 144 g/mol. The van der Waals surface area contributed by atoms with E-state index in [1.54, 1.807) is 13.2 Å². The summed E-state index contributed by atoms with van der Waals surface area (Å²) in [4.78, 5) is 0. The third-order valence-corrected chi connectivity index (χ3v) is 1.35. The number of hydrogen-bond acceptors (Lipinski definition) is 2. The van der Waals surface area contributed by atoms with E-state index in [-0.39, 0.29) is 6.61 Å². The minimum absolute atomic E-state index is 0.136. The van der Waals surface area contributed by atoms with Crippen LogP contribution in [0.25, 0.3) is 0 Å². The summed E-state index contributed by atoms with van der Waals surface area (Å²) in [5.41, 5.74) is 0. The standard InChI is InChI=1S/C8H16O2/c1-8(4-3-6-9)5-7-10-2/h3-4,8-9H,5-7H2,1-2H3/b4-3+/t8-/m0/s1. The molecule has 2 heteroatoms. The molecule has 60 valence electrons. The third-order valence-electron chi connectivity index (χ3n) is 1.35. The van der Waals surface area contributed by atoms with Crippen LogP contribution in [0, 0.1) is 5.92 Å². The summed E-state index contributed by atoms with van der Waals surface area (Å²) < 4.78 is 4.90. The number of rotatable bonds is 5. The molecule has 0 aliphatic carbocycles. The Morgan fingerprint density at radius 2 is 2.30 bits per heavy atom. The smallest absolute Gasteiger partial charge is 0.0612 e. The molecule has 1 atom stereocenters. The topological polar surface area (TPSA) is 29.5 Å². The molecule has 1 N–H and O–H groups in total. The maximum Gasteiger partial charge on any atom is 0.0612 e. The highest BCUT2D eigenvalue weighted by atomic mass is 16.5. The predicted molar refractivity (Wildman–Crippen MR) is 41.9 cm³/mol. The van der Waals surface area contributed by atoms with Crippen molar-refractivity contribution in [1.82, 2.24) is 0 Å². The summed E-state index contributed by atoms with van der Waals surface area (Å²) in [5, 5.41) is 8.42. The van der Waals surface area contributed by atoms with Crippen LogP contribution in [0.1, 0.15) is 13.3 Å². The largest absolute Gasteiger partial charge is 0.392 e. The van der Waals surface area contributed by atoms with Gasteiger partial charge in [-0.05, 0) is 12.3 Å². The summed E-state index contributed by atoms with van der Waals surface area (Å²) in [5.74, 6) is 0.507. The van der Waals surface area contributed by atoms with E-state index in [0.717, 1.165) is 13.0 Å². The van der Waals surface area contributed by atoms with Gasteiger partial charge in [-0.15, -0.1) is 0 Å². The Balaban J connectivity index is 3.24. The average Bonchev–Trinajstić information content (AvgIpc) is 1.97. The first kappa shape index (κ1) is 9.66. The molecule has 0 fully saturated rings. The van der Waals surface area contributed by atoms with E-state index >= 15 is 0 Å². The van der Waals surface area contributed by atoms with Crippen molar-refractivity contribution in [2.75, 3.05) is 20.3 Å². The van der Waals surface area contributed by atoms with Gasteiger partial charge in [-0.1, -0.05) is 19.1 Å². The summed E-state index contributed by atoms with van der Waals surface area (Å²) in [6.07, 6.45) is 4.78. The normalized spacial score (nSPS) is 14.3. The summed E-state index contributed by atoms with van der Waals surface area (Å²) in [6.45, 7) is 3.03. The Labute approximate surface area is 62.5 Å². The highest BCUT2D eigenvalue weighted by Crippen LogP contribution is 2.02. The molecular formula is C8H16O2. The van der Waals surface area contributed by atoms with Gasteiger partial charge in [0.25, 0.3) is 0 Å². The van der Waals surface area contributed by atoms with Crippen molar-refractivity contribution in [2.45, 2.75) is 13.3 Å². The number of allylic oxidation sites excluding steroid dienone is 1. The molecule has 0 aromatic rings. The molecule has 2 nitrogen and oxygen atoms in total. The minimum Gasteiger partial charge on any atom is -0.392 e. The molecule has 0 bridgehead atoms. The van der Waals surface area contributed by atoms with Gasteiger partial charge in [-0.3, -0.25) is 0 Å². The van der Waals surface area contributed by atoms with Crippen LogP contribution < -0.4 is 0 Å². The first-order valence-electron chi connectivity index (χ1n) is 3.57. The van der Waals surface area contributed by atoms with Gasteiger partial charge in [0.15, 0.2) is 0 Å². The SMILES string of the molecule is COCC[C@@H](C)/C=C/CO. The Bertz CT molecular complexity index is 89.3. The van der Waals surface area contributed by atoms with Crippen molar-refractivity contribution in [3.63, 3.8) is 0 Å². The fraction of sp³-hybridized carbons (Fsp3) is 0.750. The molecular weight excluding hydrogens is 128 g/mol. The second kappa shape index (κ2) is 6.78. The molecule has 0 amide bonds. The molecule has 0 rings (SSSR count). The Hall–Kier alpha value is -0.340. The molecule has 0 saturated carbocycles. The first-order chi connectivity index (χ1) is 4.81. The van der Waals surface area contributed by atoms with Crippen LogP contribution in [0.5, 0.6) is 0 Å². The van der Waals surface area contributed by atoms with Gasteiger partial charge in [0.05, 0.1) is 6.61 Å². The zero-order valence-electron chi connectivity index (χ0n) is 6.71. The lowest BCUT2D eigenvalue weighted by Gasteiger charge is -2.03. The van der Waals surface area contributed by atoms with Crippen LogP contribution >= 0.6 is 0 Å². The van der Waals surface area contributed by atoms with Gasteiger partial charge in [0.2, 0.25) is 0 Å². The quantitative estimate of drug-likeness (QED) is 0.588. The van der Waals surface area contributed by atoms with E-state index in [4.69, 9.17) is 9.84 Å². The fourth-order valence-electron chi connectivity index (χ4n) is 0.693. The first-order valence-corrected chi connectivity index (χ1v) is 3.57. The highest BCUT2D eigenvalue weighted by Gasteiger charge is 1.93. The number of aliphatic hydroxyl groups excluding tert-OH is 1. The molecule has 0 unspecified atom stereocenters. The zero-order chi connectivity index (χ0) is 7.82. The minimum atomic E-state index is 0.136. The van der Waals surface area contributed by atoms with E-state index in [0.29, 0.717) is 5.92 Å². The Morgan fingerprint density at radius 3 is 2.80 bits per heavy atom. The Morgan fingerprint density at radius 1 is 1.60 bits per heavy atom. The lowest BCUT2D eigenvalue weighted by molar-refractivity contribution is 0.186. The van der Waals surface area contributed by atoms with Crippen molar-refractivity contribution >= 4 is 0 Å². The van der Waals surface area contributed by atoms with Crippen LogP contribution in [-0.2, 0) is 4.74 Å². The maximum absolute atomic E-state index is 8.42. The summed E-state index contributed by atoms with van der Waals surface area (Å²) in [7, 11) is 1.70. The van der Waals surface area contributed by atoms with E-state index < -0.39 is 0 Å². The number of hydrogen-bond donors (Lipinski definition) is 1. The van der Waals surface area contributed by atoms with Crippen molar-refractivity contribution in [1.29, 1.82) is 0 Å². The third kappa shape index (κ3) is 5.79. The van der Waals surface area contributed by atoms with Crippen LogP contribution in [0.2, 0.25) is 0 Å². The molecule has 0 aliphatic rings. The van der Waals surface area contributed by atoms with Gasteiger partial charge in [0, 0.05) is 13.7 Å². The van der Waals surface area contributed by atoms with Crippen LogP contribution in [0.3, 0.4) is 0 Å². The number of methoxy groups -OCH3 is 1. The maximum atomic E-state index is 8.42. The van der Waals surface area contributed by atoms with Gasteiger partial charge in [-0.2, -0.15) is 0 Å². The van der Waals surface area contributed by atoms with Crippen LogP contribution in [0.15, 0.2) is 12.2 Å². The predicted octanol–water partition coefficient (Wildman–Crippen LogP) is 1.21. The van der Waals surface area contributed by atoms with Crippen LogP contribution in [-0.4, -0.2) is 25.4 Å². The van der Waals surface area contributed by atoms with Gasteiger partial charge in [-0.25, -0.2) is 0 Å². The summed E-state index contributed by atoms with van der Waals surface area (Å²) >= 11 is 0. The highest BCUT2D eigenvalue weighted by molar-refractivity contribution is 4.85.